The molecule has 0 saturated heterocycles. The number of halogens is 1. The highest BCUT2D eigenvalue weighted by molar-refractivity contribution is 6.33. The van der Waals surface area contributed by atoms with Crippen LogP contribution in [0.3, 0.4) is 0 Å². The molecule has 3 nitrogen and oxygen atoms in total. The van der Waals surface area contributed by atoms with Crippen LogP contribution in [0.25, 0.3) is 5.65 Å². The molecule has 0 radical (unpaired) electrons. The van der Waals surface area contributed by atoms with E-state index in [1.54, 1.807) is 10.7 Å². The van der Waals surface area contributed by atoms with Gasteiger partial charge in [0.2, 0.25) is 0 Å². The van der Waals surface area contributed by atoms with E-state index in [0.717, 1.165) is 29.9 Å². The molecule has 2 aromatic rings. The fraction of sp³-hybridized carbons (Fsp3) is 0.500. The molecule has 2 rings (SSSR count). The van der Waals surface area contributed by atoms with Crippen molar-refractivity contribution in [3.05, 3.63) is 28.7 Å². The highest BCUT2D eigenvalue weighted by Crippen LogP contribution is 2.24. The first kappa shape index (κ1) is 11.4. The number of fused-ring (bicyclic) bond motifs is 1. The number of hydrogen-bond acceptors (Lipinski definition) is 2. The third kappa shape index (κ3) is 1.80. The summed E-state index contributed by atoms with van der Waals surface area (Å²) in [7, 11) is 0. The van der Waals surface area contributed by atoms with Crippen molar-refractivity contribution in [2.75, 3.05) is 0 Å². The van der Waals surface area contributed by atoms with Crippen LogP contribution in [0.1, 0.15) is 44.0 Å². The lowest BCUT2D eigenvalue weighted by atomic mass is 9.99. The maximum atomic E-state index is 6.06. The van der Waals surface area contributed by atoms with Crippen LogP contribution in [0.4, 0.5) is 0 Å². The van der Waals surface area contributed by atoms with Gasteiger partial charge in [-0.2, -0.15) is 5.10 Å². The number of nitrogens with zero attached hydrogens (tertiary/aromatic N) is 3. The standard InChI is InChI=1S/C12H16ClN3/c1-4-9(5-2)11-6-8(3)16-12(15-11)10(13)7-14-16/h6-7,9H,4-5H2,1-3H3. The van der Waals surface area contributed by atoms with Gasteiger partial charge in [0, 0.05) is 17.3 Å². The smallest absolute Gasteiger partial charge is 0.174 e. The van der Waals surface area contributed by atoms with Gasteiger partial charge < -0.3 is 0 Å². The minimum absolute atomic E-state index is 0.509. The Hall–Kier alpha value is -1.09. The SMILES string of the molecule is CCC(CC)c1cc(C)n2ncc(Cl)c2n1. The van der Waals surface area contributed by atoms with E-state index < -0.39 is 0 Å². The summed E-state index contributed by atoms with van der Waals surface area (Å²) < 4.78 is 1.79. The minimum Gasteiger partial charge on any atom is -0.232 e. The van der Waals surface area contributed by atoms with E-state index in [9.17, 15) is 0 Å². The lowest BCUT2D eigenvalue weighted by molar-refractivity contribution is 0.620. The van der Waals surface area contributed by atoms with Crippen LogP contribution in [0.5, 0.6) is 0 Å². The Morgan fingerprint density at radius 3 is 2.69 bits per heavy atom. The average Bonchev–Trinajstić information content (AvgIpc) is 2.63. The third-order valence-electron chi connectivity index (χ3n) is 3.03. The molecule has 0 aliphatic carbocycles. The van der Waals surface area contributed by atoms with Crippen LogP contribution < -0.4 is 0 Å². The molecular formula is C12H16ClN3. The van der Waals surface area contributed by atoms with Crippen molar-refractivity contribution in [1.29, 1.82) is 0 Å². The molecule has 0 N–H and O–H groups in total. The van der Waals surface area contributed by atoms with Crippen molar-refractivity contribution in [3.8, 4) is 0 Å². The Kier molecular flexibility index (Phi) is 3.15. The van der Waals surface area contributed by atoms with Crippen LogP contribution in [-0.2, 0) is 0 Å². The monoisotopic (exact) mass is 237 g/mol. The van der Waals surface area contributed by atoms with Crippen LogP contribution in [0.15, 0.2) is 12.3 Å². The fourth-order valence-electron chi connectivity index (χ4n) is 2.03. The molecule has 0 unspecified atom stereocenters. The third-order valence-corrected chi connectivity index (χ3v) is 3.30. The van der Waals surface area contributed by atoms with Gasteiger partial charge in [0.25, 0.3) is 0 Å². The largest absolute Gasteiger partial charge is 0.232 e. The summed E-state index contributed by atoms with van der Waals surface area (Å²) >= 11 is 6.06. The van der Waals surface area contributed by atoms with Gasteiger partial charge >= 0.3 is 0 Å². The maximum absolute atomic E-state index is 6.06. The molecule has 2 heterocycles. The van der Waals surface area contributed by atoms with Gasteiger partial charge in [-0.25, -0.2) is 9.50 Å². The molecular weight excluding hydrogens is 222 g/mol. The highest BCUT2D eigenvalue weighted by Gasteiger charge is 2.13. The fourth-order valence-corrected chi connectivity index (χ4v) is 2.19. The number of aromatic nitrogens is 3. The van der Waals surface area contributed by atoms with E-state index in [-0.39, 0.29) is 0 Å². The summed E-state index contributed by atoms with van der Waals surface area (Å²) in [5.74, 6) is 0.509. The van der Waals surface area contributed by atoms with Crippen molar-refractivity contribution in [1.82, 2.24) is 14.6 Å². The van der Waals surface area contributed by atoms with Crippen molar-refractivity contribution in [2.45, 2.75) is 39.5 Å². The Morgan fingerprint density at radius 1 is 1.38 bits per heavy atom. The number of hydrogen-bond donors (Lipinski definition) is 0. The summed E-state index contributed by atoms with van der Waals surface area (Å²) in [6.07, 6.45) is 3.85. The van der Waals surface area contributed by atoms with Crippen molar-refractivity contribution < 1.29 is 0 Å². The number of aryl methyl sites for hydroxylation is 1. The minimum atomic E-state index is 0.509. The number of rotatable bonds is 3. The molecule has 0 spiro atoms. The van der Waals surface area contributed by atoms with E-state index in [1.807, 2.05) is 6.92 Å². The highest BCUT2D eigenvalue weighted by atomic mass is 35.5. The van der Waals surface area contributed by atoms with Gasteiger partial charge in [0.1, 0.15) is 5.02 Å². The molecule has 0 amide bonds. The predicted octanol–water partition coefficient (Wildman–Crippen LogP) is 3.59. The van der Waals surface area contributed by atoms with Crippen LogP contribution in [0, 0.1) is 6.92 Å². The van der Waals surface area contributed by atoms with Gasteiger partial charge in [-0.05, 0) is 25.8 Å². The lowest BCUT2D eigenvalue weighted by Gasteiger charge is -2.13. The predicted molar refractivity (Wildman–Crippen MR) is 66.1 cm³/mol. The van der Waals surface area contributed by atoms with Gasteiger partial charge in [-0.15, -0.1) is 0 Å². The van der Waals surface area contributed by atoms with Gasteiger partial charge in [0.15, 0.2) is 5.65 Å². The second-order valence-electron chi connectivity index (χ2n) is 4.06. The second-order valence-corrected chi connectivity index (χ2v) is 4.47. The Balaban J connectivity index is 2.59. The maximum Gasteiger partial charge on any atom is 0.174 e. The van der Waals surface area contributed by atoms with Crippen molar-refractivity contribution >= 4 is 17.2 Å². The second kappa shape index (κ2) is 4.42. The first-order chi connectivity index (χ1) is 7.67. The average molecular weight is 238 g/mol. The van der Waals surface area contributed by atoms with E-state index >= 15 is 0 Å². The summed E-state index contributed by atoms with van der Waals surface area (Å²) in [5.41, 5.74) is 2.97. The Bertz CT molecular complexity index is 500. The summed E-state index contributed by atoms with van der Waals surface area (Å²) in [4.78, 5) is 4.61. The van der Waals surface area contributed by atoms with Crippen molar-refractivity contribution in [3.63, 3.8) is 0 Å². The Morgan fingerprint density at radius 2 is 2.06 bits per heavy atom. The molecule has 86 valence electrons. The van der Waals surface area contributed by atoms with E-state index in [4.69, 9.17) is 11.6 Å². The van der Waals surface area contributed by atoms with Gasteiger partial charge in [-0.3, -0.25) is 0 Å². The van der Waals surface area contributed by atoms with Gasteiger partial charge in [0.05, 0.1) is 6.20 Å². The Labute approximate surface area is 100 Å². The van der Waals surface area contributed by atoms with E-state index in [1.165, 1.54) is 0 Å². The molecule has 0 bridgehead atoms. The summed E-state index contributed by atoms with van der Waals surface area (Å²) in [6.45, 7) is 6.41. The van der Waals surface area contributed by atoms with Crippen LogP contribution >= 0.6 is 11.6 Å². The zero-order valence-electron chi connectivity index (χ0n) is 9.87. The topological polar surface area (TPSA) is 30.2 Å². The molecule has 4 heteroatoms. The molecule has 0 atom stereocenters. The molecule has 0 aromatic carbocycles. The van der Waals surface area contributed by atoms with E-state index in [2.05, 4.69) is 30.0 Å². The molecule has 0 saturated carbocycles. The van der Waals surface area contributed by atoms with Crippen molar-refractivity contribution in [2.24, 2.45) is 0 Å². The molecule has 0 fully saturated rings. The molecule has 0 aliphatic heterocycles. The van der Waals surface area contributed by atoms with Gasteiger partial charge in [-0.1, -0.05) is 25.4 Å². The van der Waals surface area contributed by atoms with Crippen LogP contribution in [0.2, 0.25) is 5.02 Å². The lowest BCUT2D eigenvalue weighted by Crippen LogP contribution is -2.04. The summed E-state index contributed by atoms with van der Waals surface area (Å²) in [5, 5.41) is 4.81. The molecule has 0 aliphatic rings. The summed E-state index contributed by atoms with van der Waals surface area (Å²) in [6, 6.07) is 2.11. The van der Waals surface area contributed by atoms with Crippen LogP contribution in [-0.4, -0.2) is 14.6 Å². The normalized spacial score (nSPS) is 11.6. The quantitative estimate of drug-likeness (QED) is 0.817. The zero-order chi connectivity index (χ0) is 11.7. The first-order valence-corrected chi connectivity index (χ1v) is 6.05. The molecule has 2 aromatic heterocycles. The zero-order valence-corrected chi connectivity index (χ0v) is 10.6. The first-order valence-electron chi connectivity index (χ1n) is 5.68. The molecule has 16 heavy (non-hydrogen) atoms. The van der Waals surface area contributed by atoms with E-state index in [0.29, 0.717) is 10.9 Å².